The van der Waals surface area contributed by atoms with Crippen LogP contribution < -0.4 is 4.74 Å². The standard InChI is InChI=1S/C17H25NO3/c1-13(11-14-5-7-15(21-3)8-6-14)18-10-4-9-17(2,12-18)16(19)20/h5-8,13H,4,9-12H2,1-3H3,(H,19,20). The van der Waals surface area contributed by atoms with Crippen LogP contribution in [0, 0.1) is 5.41 Å². The first kappa shape index (κ1) is 15.8. The summed E-state index contributed by atoms with van der Waals surface area (Å²) in [6, 6.07) is 8.45. The Balaban J connectivity index is 1.98. The summed E-state index contributed by atoms with van der Waals surface area (Å²) in [6.07, 6.45) is 2.66. The molecule has 1 aliphatic rings. The molecule has 21 heavy (non-hydrogen) atoms. The molecule has 1 N–H and O–H groups in total. The van der Waals surface area contributed by atoms with E-state index >= 15 is 0 Å². The quantitative estimate of drug-likeness (QED) is 0.906. The Morgan fingerprint density at radius 1 is 1.43 bits per heavy atom. The average Bonchev–Trinajstić information content (AvgIpc) is 2.48. The fourth-order valence-corrected chi connectivity index (χ4v) is 3.06. The zero-order valence-corrected chi connectivity index (χ0v) is 13.1. The summed E-state index contributed by atoms with van der Waals surface area (Å²) < 4.78 is 5.17. The maximum atomic E-state index is 11.4. The third-order valence-electron chi connectivity index (χ3n) is 4.56. The van der Waals surface area contributed by atoms with Gasteiger partial charge in [0.2, 0.25) is 0 Å². The smallest absolute Gasteiger partial charge is 0.310 e. The van der Waals surface area contributed by atoms with Gasteiger partial charge in [-0.15, -0.1) is 0 Å². The van der Waals surface area contributed by atoms with Crippen LogP contribution in [0.15, 0.2) is 24.3 Å². The number of hydrogen-bond donors (Lipinski definition) is 1. The summed E-state index contributed by atoms with van der Waals surface area (Å²) in [7, 11) is 1.66. The molecule has 0 bridgehead atoms. The highest BCUT2D eigenvalue weighted by Gasteiger charge is 2.38. The third-order valence-corrected chi connectivity index (χ3v) is 4.56. The summed E-state index contributed by atoms with van der Waals surface area (Å²) in [6.45, 7) is 5.67. The number of hydrogen-bond acceptors (Lipinski definition) is 3. The van der Waals surface area contributed by atoms with E-state index in [4.69, 9.17) is 4.74 Å². The lowest BCUT2D eigenvalue weighted by Gasteiger charge is -2.40. The van der Waals surface area contributed by atoms with Crippen LogP contribution >= 0.6 is 0 Å². The van der Waals surface area contributed by atoms with E-state index < -0.39 is 11.4 Å². The summed E-state index contributed by atoms with van der Waals surface area (Å²) in [4.78, 5) is 13.7. The summed E-state index contributed by atoms with van der Waals surface area (Å²) in [5.41, 5.74) is 0.651. The van der Waals surface area contributed by atoms with Gasteiger partial charge in [0, 0.05) is 12.6 Å². The highest BCUT2D eigenvalue weighted by molar-refractivity contribution is 5.74. The minimum Gasteiger partial charge on any atom is -0.497 e. The minimum absolute atomic E-state index is 0.345. The van der Waals surface area contributed by atoms with E-state index in [1.165, 1.54) is 5.56 Å². The molecule has 1 aromatic rings. The van der Waals surface area contributed by atoms with E-state index in [-0.39, 0.29) is 0 Å². The molecule has 4 nitrogen and oxygen atoms in total. The van der Waals surface area contributed by atoms with E-state index in [9.17, 15) is 9.90 Å². The Bertz CT molecular complexity index is 485. The topological polar surface area (TPSA) is 49.8 Å². The van der Waals surface area contributed by atoms with Gasteiger partial charge in [-0.2, -0.15) is 0 Å². The van der Waals surface area contributed by atoms with Crippen molar-refractivity contribution in [1.82, 2.24) is 4.90 Å². The van der Waals surface area contributed by atoms with Crippen molar-refractivity contribution in [1.29, 1.82) is 0 Å². The fourth-order valence-electron chi connectivity index (χ4n) is 3.06. The lowest BCUT2D eigenvalue weighted by Crippen LogP contribution is -2.49. The Hall–Kier alpha value is -1.55. The van der Waals surface area contributed by atoms with Crippen molar-refractivity contribution >= 4 is 5.97 Å². The molecule has 1 aromatic carbocycles. The predicted octanol–water partition coefficient (Wildman–Crippen LogP) is 2.81. The molecule has 2 unspecified atom stereocenters. The van der Waals surface area contributed by atoms with Crippen LogP contribution in [0.25, 0.3) is 0 Å². The van der Waals surface area contributed by atoms with E-state index in [1.54, 1.807) is 7.11 Å². The van der Waals surface area contributed by atoms with Gasteiger partial charge in [-0.25, -0.2) is 0 Å². The number of methoxy groups -OCH3 is 1. The number of benzene rings is 1. The van der Waals surface area contributed by atoms with Crippen LogP contribution in [-0.4, -0.2) is 42.2 Å². The van der Waals surface area contributed by atoms with Gasteiger partial charge in [0.15, 0.2) is 0 Å². The zero-order chi connectivity index (χ0) is 15.5. The molecule has 1 aliphatic heterocycles. The average molecular weight is 291 g/mol. The zero-order valence-electron chi connectivity index (χ0n) is 13.1. The van der Waals surface area contributed by atoms with Crippen LogP contribution in [0.5, 0.6) is 5.75 Å². The Morgan fingerprint density at radius 2 is 2.10 bits per heavy atom. The van der Waals surface area contributed by atoms with Crippen LogP contribution in [-0.2, 0) is 11.2 Å². The molecule has 0 saturated carbocycles. The predicted molar refractivity (Wildman–Crippen MR) is 82.7 cm³/mol. The number of rotatable bonds is 5. The molecular weight excluding hydrogens is 266 g/mol. The van der Waals surface area contributed by atoms with Crippen molar-refractivity contribution in [3.8, 4) is 5.75 Å². The molecule has 2 atom stereocenters. The maximum absolute atomic E-state index is 11.4. The van der Waals surface area contributed by atoms with Crippen molar-refractivity contribution in [3.05, 3.63) is 29.8 Å². The van der Waals surface area contributed by atoms with Crippen molar-refractivity contribution in [2.45, 2.75) is 39.2 Å². The number of ether oxygens (including phenoxy) is 1. The largest absolute Gasteiger partial charge is 0.497 e. The number of carboxylic acid groups (broad SMARTS) is 1. The molecule has 0 aromatic heterocycles. The van der Waals surface area contributed by atoms with E-state index in [0.29, 0.717) is 12.6 Å². The van der Waals surface area contributed by atoms with Gasteiger partial charge < -0.3 is 9.84 Å². The highest BCUT2D eigenvalue weighted by Crippen LogP contribution is 2.31. The van der Waals surface area contributed by atoms with Gasteiger partial charge in [-0.3, -0.25) is 9.69 Å². The highest BCUT2D eigenvalue weighted by atomic mass is 16.5. The van der Waals surface area contributed by atoms with Crippen molar-refractivity contribution < 1.29 is 14.6 Å². The molecule has 0 aliphatic carbocycles. The van der Waals surface area contributed by atoms with Gasteiger partial charge in [0.1, 0.15) is 5.75 Å². The number of piperidine rings is 1. The molecule has 1 saturated heterocycles. The van der Waals surface area contributed by atoms with Crippen LogP contribution in [0.1, 0.15) is 32.3 Å². The molecular formula is C17H25NO3. The van der Waals surface area contributed by atoms with Gasteiger partial charge in [-0.1, -0.05) is 12.1 Å². The summed E-state index contributed by atoms with van der Waals surface area (Å²) in [5, 5.41) is 9.40. The third kappa shape index (κ3) is 3.76. The molecule has 4 heteroatoms. The second-order valence-corrected chi connectivity index (χ2v) is 6.34. The number of likely N-dealkylation sites (tertiary alicyclic amines) is 1. The molecule has 1 heterocycles. The van der Waals surface area contributed by atoms with E-state index in [2.05, 4.69) is 24.0 Å². The summed E-state index contributed by atoms with van der Waals surface area (Å²) >= 11 is 0. The van der Waals surface area contributed by atoms with Crippen molar-refractivity contribution in [2.75, 3.05) is 20.2 Å². The summed E-state index contributed by atoms with van der Waals surface area (Å²) in [5.74, 6) is 0.187. The second kappa shape index (κ2) is 6.48. The van der Waals surface area contributed by atoms with Crippen LogP contribution in [0.2, 0.25) is 0 Å². The van der Waals surface area contributed by atoms with Crippen LogP contribution in [0.4, 0.5) is 0 Å². The first-order chi connectivity index (χ1) is 9.94. The normalized spacial score (nSPS) is 24.5. The SMILES string of the molecule is COc1ccc(CC(C)N2CCCC(C)(C(=O)O)C2)cc1. The molecule has 116 valence electrons. The minimum atomic E-state index is -0.677. The maximum Gasteiger partial charge on any atom is 0.310 e. The van der Waals surface area contributed by atoms with E-state index in [0.717, 1.165) is 31.6 Å². The lowest BCUT2D eigenvalue weighted by molar-refractivity contribution is -0.151. The van der Waals surface area contributed by atoms with Crippen molar-refractivity contribution in [3.63, 3.8) is 0 Å². The molecule has 2 rings (SSSR count). The van der Waals surface area contributed by atoms with Gasteiger partial charge in [-0.05, 0) is 57.4 Å². The Kier molecular flexibility index (Phi) is 4.88. The number of carboxylic acids is 1. The lowest BCUT2D eigenvalue weighted by atomic mass is 9.81. The fraction of sp³-hybridized carbons (Fsp3) is 0.588. The first-order valence-electron chi connectivity index (χ1n) is 7.55. The second-order valence-electron chi connectivity index (χ2n) is 6.34. The van der Waals surface area contributed by atoms with Gasteiger partial charge >= 0.3 is 5.97 Å². The molecule has 0 radical (unpaired) electrons. The van der Waals surface area contributed by atoms with Crippen LogP contribution in [0.3, 0.4) is 0 Å². The number of nitrogens with zero attached hydrogens (tertiary/aromatic N) is 1. The monoisotopic (exact) mass is 291 g/mol. The van der Waals surface area contributed by atoms with E-state index in [1.807, 2.05) is 19.1 Å². The molecule has 0 spiro atoms. The molecule has 0 amide bonds. The molecule has 1 fully saturated rings. The first-order valence-corrected chi connectivity index (χ1v) is 7.55. The number of aliphatic carboxylic acids is 1. The van der Waals surface area contributed by atoms with Gasteiger partial charge in [0.05, 0.1) is 12.5 Å². The number of carbonyl (C=O) groups is 1. The Labute approximate surface area is 126 Å². The van der Waals surface area contributed by atoms with Gasteiger partial charge in [0.25, 0.3) is 0 Å². The Morgan fingerprint density at radius 3 is 2.67 bits per heavy atom. The van der Waals surface area contributed by atoms with Crippen molar-refractivity contribution in [2.24, 2.45) is 5.41 Å².